The summed E-state index contributed by atoms with van der Waals surface area (Å²) < 4.78 is 7.49. The van der Waals surface area contributed by atoms with Crippen molar-refractivity contribution in [3.8, 4) is 11.6 Å². The van der Waals surface area contributed by atoms with Crippen LogP contribution in [0.2, 0.25) is 5.02 Å². The van der Waals surface area contributed by atoms with Crippen LogP contribution in [0.4, 0.5) is 5.69 Å². The number of hydrogen-bond donors (Lipinski definition) is 1. The first kappa shape index (κ1) is 23.5. The Morgan fingerprint density at radius 1 is 1.09 bits per heavy atom. The number of carbonyl (C=O) groups excluding carboxylic acids is 1. The minimum atomic E-state index is -0.537. The number of aromatic hydroxyl groups is 1. The Morgan fingerprint density at radius 2 is 1.82 bits per heavy atom. The van der Waals surface area contributed by atoms with Gasteiger partial charge in [0.2, 0.25) is 5.88 Å². The van der Waals surface area contributed by atoms with Gasteiger partial charge in [-0.2, -0.15) is 0 Å². The van der Waals surface area contributed by atoms with Crippen LogP contribution in [0, 0.1) is 6.92 Å². The molecule has 1 heterocycles. The van der Waals surface area contributed by atoms with Crippen molar-refractivity contribution in [2.24, 2.45) is 10.2 Å². The highest BCUT2D eigenvalue weighted by Gasteiger charge is 2.17. The third-order valence-corrected chi connectivity index (χ3v) is 5.83. The van der Waals surface area contributed by atoms with Gasteiger partial charge < -0.3 is 14.4 Å². The number of hydrogen-bond acceptors (Lipinski definition) is 4. The summed E-state index contributed by atoms with van der Waals surface area (Å²) in [5.41, 5.74) is 4.07. The van der Waals surface area contributed by atoms with E-state index < -0.39 is 5.91 Å². The van der Waals surface area contributed by atoms with Crippen LogP contribution < -0.4 is 4.74 Å². The molecule has 0 spiro atoms. The number of nitrogens with zero attached hydrogens (tertiary/aromatic N) is 3. The van der Waals surface area contributed by atoms with Crippen molar-refractivity contribution in [2.45, 2.75) is 33.2 Å². The number of amides is 1. The minimum absolute atomic E-state index is 0.0607. The molecule has 4 aromatic rings. The van der Waals surface area contributed by atoms with Crippen molar-refractivity contribution in [1.29, 1.82) is 0 Å². The molecule has 7 heteroatoms. The summed E-state index contributed by atoms with van der Waals surface area (Å²) in [5, 5.41) is 20.2. The van der Waals surface area contributed by atoms with E-state index in [1.165, 1.54) is 0 Å². The molecule has 4 rings (SSSR count). The molecule has 0 aliphatic heterocycles. The van der Waals surface area contributed by atoms with Gasteiger partial charge in [0, 0.05) is 10.4 Å². The van der Waals surface area contributed by atoms with Gasteiger partial charge in [-0.15, -0.1) is 10.2 Å². The highest BCUT2D eigenvalue weighted by Crippen LogP contribution is 2.39. The van der Waals surface area contributed by atoms with E-state index in [2.05, 4.69) is 24.1 Å². The second kappa shape index (κ2) is 10.1. The SMILES string of the molecule is Cc1ccc(C(C)C)c(OCC(=O)N=Nc2c(O)n(Cc3ccc(Cl)cc3)c3ccccc23)c1. The Labute approximate surface area is 203 Å². The highest BCUT2D eigenvalue weighted by molar-refractivity contribution is 6.30. The van der Waals surface area contributed by atoms with Crippen LogP contribution in [0.5, 0.6) is 11.6 Å². The average Bonchev–Trinajstić information content (AvgIpc) is 3.08. The topological polar surface area (TPSA) is 76.2 Å². The maximum absolute atomic E-state index is 12.4. The van der Waals surface area contributed by atoms with E-state index in [-0.39, 0.29) is 24.1 Å². The number of aryl methyl sites for hydroxylation is 1. The van der Waals surface area contributed by atoms with E-state index in [0.717, 1.165) is 22.2 Å². The lowest BCUT2D eigenvalue weighted by atomic mass is 10.0. The van der Waals surface area contributed by atoms with Crippen LogP contribution in [0.3, 0.4) is 0 Å². The second-order valence-corrected chi connectivity index (χ2v) is 8.92. The zero-order valence-electron chi connectivity index (χ0n) is 19.3. The van der Waals surface area contributed by atoms with E-state index in [0.29, 0.717) is 22.7 Å². The number of azo groups is 1. The van der Waals surface area contributed by atoms with Gasteiger partial charge >= 0.3 is 5.91 Å². The lowest BCUT2D eigenvalue weighted by molar-refractivity contribution is -0.120. The van der Waals surface area contributed by atoms with E-state index >= 15 is 0 Å². The molecule has 0 saturated carbocycles. The quantitative estimate of drug-likeness (QED) is 0.288. The molecule has 34 heavy (non-hydrogen) atoms. The number of carbonyl (C=O) groups is 1. The Hall–Kier alpha value is -3.64. The normalized spacial score (nSPS) is 11.6. The van der Waals surface area contributed by atoms with Crippen LogP contribution in [0.1, 0.15) is 36.5 Å². The molecule has 0 unspecified atom stereocenters. The summed E-state index contributed by atoms with van der Waals surface area (Å²) in [6.07, 6.45) is 0. The van der Waals surface area contributed by atoms with Gasteiger partial charge in [0.25, 0.3) is 0 Å². The first-order chi connectivity index (χ1) is 16.3. The summed E-state index contributed by atoms with van der Waals surface area (Å²) in [6, 6.07) is 20.8. The van der Waals surface area contributed by atoms with Gasteiger partial charge in [-0.25, -0.2) is 0 Å². The lowest BCUT2D eigenvalue weighted by Gasteiger charge is -2.13. The Balaban J connectivity index is 1.56. The smallest absolute Gasteiger partial charge is 0.302 e. The molecule has 3 aromatic carbocycles. The number of rotatable bonds is 7. The van der Waals surface area contributed by atoms with Crippen molar-refractivity contribution in [3.63, 3.8) is 0 Å². The number of para-hydroxylation sites is 1. The molecule has 0 saturated heterocycles. The third kappa shape index (κ3) is 5.13. The maximum Gasteiger partial charge on any atom is 0.302 e. The van der Waals surface area contributed by atoms with Gasteiger partial charge in [0.1, 0.15) is 5.75 Å². The zero-order chi connectivity index (χ0) is 24.2. The molecule has 0 atom stereocenters. The van der Waals surface area contributed by atoms with Crippen LogP contribution in [0.15, 0.2) is 77.0 Å². The molecular weight excluding hydrogens is 450 g/mol. The van der Waals surface area contributed by atoms with Crippen molar-refractivity contribution < 1.29 is 14.6 Å². The number of aromatic nitrogens is 1. The summed E-state index contributed by atoms with van der Waals surface area (Å²) >= 11 is 5.99. The van der Waals surface area contributed by atoms with Gasteiger partial charge in [0.05, 0.1) is 12.1 Å². The fourth-order valence-corrected chi connectivity index (χ4v) is 3.95. The second-order valence-electron chi connectivity index (χ2n) is 8.48. The molecule has 1 aromatic heterocycles. The molecule has 1 N–H and O–H groups in total. The van der Waals surface area contributed by atoms with Gasteiger partial charge in [-0.05, 0) is 53.8 Å². The van der Waals surface area contributed by atoms with Gasteiger partial charge in [-0.3, -0.25) is 4.79 Å². The minimum Gasteiger partial charge on any atom is -0.493 e. The van der Waals surface area contributed by atoms with Crippen LogP contribution in [-0.2, 0) is 11.3 Å². The van der Waals surface area contributed by atoms with Crippen molar-refractivity contribution in [1.82, 2.24) is 4.57 Å². The predicted octanol–water partition coefficient (Wildman–Crippen LogP) is 7.17. The van der Waals surface area contributed by atoms with Crippen molar-refractivity contribution in [3.05, 3.63) is 88.4 Å². The lowest BCUT2D eigenvalue weighted by Crippen LogP contribution is -2.09. The standard InChI is InChI=1S/C27H26ClN3O3/c1-17(2)21-13-8-18(3)14-24(21)34-16-25(32)29-30-26-22-6-4-5-7-23(22)31(27(26)33)15-19-9-11-20(28)12-10-19/h4-14,17,33H,15-16H2,1-3H3. The fourth-order valence-electron chi connectivity index (χ4n) is 3.82. The first-order valence-electron chi connectivity index (χ1n) is 11.1. The van der Waals surface area contributed by atoms with Crippen LogP contribution in [0.25, 0.3) is 10.9 Å². The highest BCUT2D eigenvalue weighted by atomic mass is 35.5. The largest absolute Gasteiger partial charge is 0.493 e. The monoisotopic (exact) mass is 475 g/mol. The first-order valence-corrected chi connectivity index (χ1v) is 11.4. The zero-order valence-corrected chi connectivity index (χ0v) is 20.1. The Morgan fingerprint density at radius 3 is 2.56 bits per heavy atom. The third-order valence-electron chi connectivity index (χ3n) is 5.58. The van der Waals surface area contributed by atoms with Crippen LogP contribution in [-0.4, -0.2) is 22.2 Å². The molecule has 0 fully saturated rings. The van der Waals surface area contributed by atoms with Crippen LogP contribution >= 0.6 is 11.6 Å². The number of benzene rings is 3. The van der Waals surface area contributed by atoms with Crippen molar-refractivity contribution in [2.75, 3.05) is 6.61 Å². The average molecular weight is 476 g/mol. The maximum atomic E-state index is 12.4. The van der Waals surface area contributed by atoms with E-state index in [1.54, 1.807) is 16.7 Å². The summed E-state index contributed by atoms with van der Waals surface area (Å²) in [4.78, 5) is 12.4. The molecule has 0 bridgehead atoms. The van der Waals surface area contributed by atoms with Gasteiger partial charge in [0.15, 0.2) is 12.3 Å². The molecule has 0 radical (unpaired) electrons. The Bertz CT molecular complexity index is 1360. The fraction of sp³-hybridized carbons (Fsp3) is 0.222. The molecule has 0 aliphatic rings. The summed E-state index contributed by atoms with van der Waals surface area (Å²) in [7, 11) is 0. The molecule has 174 valence electrons. The summed E-state index contributed by atoms with van der Waals surface area (Å²) in [5.74, 6) is 0.330. The number of halogens is 1. The Kier molecular flexibility index (Phi) is 6.98. The number of ether oxygens (including phenoxy) is 1. The van der Waals surface area contributed by atoms with Gasteiger partial charge in [-0.1, -0.05) is 67.9 Å². The number of fused-ring (bicyclic) bond motifs is 1. The molecule has 0 aliphatic carbocycles. The van der Waals surface area contributed by atoms with E-state index in [4.69, 9.17) is 16.3 Å². The summed E-state index contributed by atoms with van der Waals surface area (Å²) in [6.45, 7) is 6.29. The molecule has 6 nitrogen and oxygen atoms in total. The predicted molar refractivity (Wildman–Crippen MR) is 134 cm³/mol. The van der Waals surface area contributed by atoms with E-state index in [1.807, 2.05) is 61.5 Å². The van der Waals surface area contributed by atoms with E-state index in [9.17, 15) is 9.90 Å². The molecule has 1 amide bonds. The molecular formula is C27H26ClN3O3. The van der Waals surface area contributed by atoms with Crippen molar-refractivity contribution >= 4 is 34.1 Å².